The fourth-order valence-corrected chi connectivity index (χ4v) is 3.94. The lowest BCUT2D eigenvalue weighted by atomic mass is 10.2. The van der Waals surface area contributed by atoms with E-state index in [0.29, 0.717) is 29.1 Å². The minimum atomic E-state index is 0.489. The predicted octanol–water partition coefficient (Wildman–Crippen LogP) is 5.36. The SMILES string of the molecule is CCOc1ccccc1-c1noc(CSc2nnc(-c3ccc(Cl)cc3)n2CC)n1. The Morgan fingerprint density at radius 3 is 2.63 bits per heavy atom. The normalized spacial score (nSPS) is 11.0. The molecule has 2 aromatic carbocycles. The van der Waals surface area contributed by atoms with Crippen molar-refractivity contribution in [2.45, 2.75) is 31.3 Å². The molecule has 9 heteroatoms. The van der Waals surface area contributed by atoms with Crippen LogP contribution in [0.25, 0.3) is 22.8 Å². The summed E-state index contributed by atoms with van der Waals surface area (Å²) in [6.45, 7) is 5.31. The van der Waals surface area contributed by atoms with Gasteiger partial charge in [-0.25, -0.2) is 0 Å². The molecule has 0 aliphatic rings. The third kappa shape index (κ3) is 4.34. The zero-order chi connectivity index (χ0) is 20.9. The van der Waals surface area contributed by atoms with Crippen LogP contribution < -0.4 is 4.74 Å². The Labute approximate surface area is 183 Å². The maximum absolute atomic E-state index is 5.99. The van der Waals surface area contributed by atoms with Crippen molar-refractivity contribution in [2.24, 2.45) is 0 Å². The molecule has 0 aliphatic heterocycles. The van der Waals surface area contributed by atoms with Gasteiger partial charge in [0.25, 0.3) is 0 Å². The zero-order valence-corrected chi connectivity index (χ0v) is 18.2. The number of hydrogen-bond acceptors (Lipinski definition) is 7. The standard InChI is InChI=1S/C21H20ClN5O2S/c1-3-27-20(14-9-11-15(22)12-10-14)24-25-21(27)30-13-18-23-19(26-29-18)16-7-5-6-8-17(16)28-4-2/h5-12H,3-4,13H2,1-2H3. The molecule has 2 heterocycles. The third-order valence-corrected chi connectivity index (χ3v) is 5.56. The van der Waals surface area contributed by atoms with E-state index in [2.05, 4.69) is 31.8 Å². The van der Waals surface area contributed by atoms with Crippen LogP contribution in [0.4, 0.5) is 0 Å². The predicted molar refractivity (Wildman–Crippen MR) is 117 cm³/mol. The van der Waals surface area contributed by atoms with Crippen LogP contribution in [0.1, 0.15) is 19.7 Å². The molecule has 7 nitrogen and oxygen atoms in total. The van der Waals surface area contributed by atoms with Gasteiger partial charge in [0.15, 0.2) is 11.0 Å². The summed E-state index contributed by atoms with van der Waals surface area (Å²) in [6, 6.07) is 15.2. The lowest BCUT2D eigenvalue weighted by Gasteiger charge is -2.06. The molecule has 154 valence electrons. The third-order valence-electron chi connectivity index (χ3n) is 4.36. The summed E-state index contributed by atoms with van der Waals surface area (Å²) in [5.74, 6) is 3.04. The molecular formula is C21H20ClN5O2S. The Kier molecular flexibility index (Phi) is 6.35. The highest BCUT2D eigenvalue weighted by atomic mass is 35.5. The van der Waals surface area contributed by atoms with Gasteiger partial charge >= 0.3 is 0 Å². The Morgan fingerprint density at radius 1 is 1.07 bits per heavy atom. The number of para-hydroxylation sites is 1. The molecule has 0 unspecified atom stereocenters. The summed E-state index contributed by atoms with van der Waals surface area (Å²) < 4.78 is 13.1. The monoisotopic (exact) mass is 441 g/mol. The molecule has 0 amide bonds. The largest absolute Gasteiger partial charge is 0.493 e. The van der Waals surface area contributed by atoms with Gasteiger partial charge in [0, 0.05) is 17.1 Å². The van der Waals surface area contributed by atoms with E-state index in [1.165, 1.54) is 11.8 Å². The van der Waals surface area contributed by atoms with E-state index in [1.54, 1.807) is 0 Å². The highest BCUT2D eigenvalue weighted by Crippen LogP contribution is 2.30. The van der Waals surface area contributed by atoms with E-state index >= 15 is 0 Å². The fraction of sp³-hybridized carbons (Fsp3) is 0.238. The van der Waals surface area contributed by atoms with Crippen LogP contribution in [0.3, 0.4) is 0 Å². The average Bonchev–Trinajstić information content (AvgIpc) is 3.40. The summed E-state index contributed by atoms with van der Waals surface area (Å²) in [7, 11) is 0. The second kappa shape index (κ2) is 9.32. The first-order valence-electron chi connectivity index (χ1n) is 9.56. The number of rotatable bonds is 8. The molecule has 0 bridgehead atoms. The summed E-state index contributed by atoms with van der Waals surface area (Å²) >= 11 is 7.49. The first kappa shape index (κ1) is 20.4. The van der Waals surface area contributed by atoms with E-state index in [4.69, 9.17) is 20.9 Å². The Morgan fingerprint density at radius 2 is 1.87 bits per heavy atom. The topological polar surface area (TPSA) is 78.9 Å². The van der Waals surface area contributed by atoms with Crippen molar-refractivity contribution in [1.82, 2.24) is 24.9 Å². The van der Waals surface area contributed by atoms with Crippen LogP contribution in [0.2, 0.25) is 5.02 Å². The van der Waals surface area contributed by atoms with Crippen molar-refractivity contribution < 1.29 is 9.26 Å². The first-order valence-corrected chi connectivity index (χ1v) is 10.9. The molecule has 0 radical (unpaired) electrons. The Bertz CT molecular complexity index is 1130. The summed E-state index contributed by atoms with van der Waals surface area (Å²) in [5, 5.41) is 14.3. The number of hydrogen-bond donors (Lipinski definition) is 0. The molecule has 0 saturated heterocycles. The van der Waals surface area contributed by atoms with Crippen molar-refractivity contribution in [1.29, 1.82) is 0 Å². The molecular weight excluding hydrogens is 422 g/mol. The Hall–Kier alpha value is -2.84. The van der Waals surface area contributed by atoms with Crippen molar-refractivity contribution in [2.75, 3.05) is 6.61 Å². The maximum Gasteiger partial charge on any atom is 0.237 e. The smallest absolute Gasteiger partial charge is 0.237 e. The average molecular weight is 442 g/mol. The Balaban J connectivity index is 1.51. The van der Waals surface area contributed by atoms with E-state index < -0.39 is 0 Å². The molecule has 0 spiro atoms. The van der Waals surface area contributed by atoms with Gasteiger partial charge in [-0.1, -0.05) is 40.7 Å². The highest BCUT2D eigenvalue weighted by molar-refractivity contribution is 7.98. The van der Waals surface area contributed by atoms with Crippen molar-refractivity contribution in [3.05, 3.63) is 59.4 Å². The quantitative estimate of drug-likeness (QED) is 0.340. The van der Waals surface area contributed by atoms with Gasteiger partial charge in [-0.15, -0.1) is 10.2 Å². The minimum absolute atomic E-state index is 0.489. The fourth-order valence-electron chi connectivity index (χ4n) is 2.97. The van der Waals surface area contributed by atoms with Gasteiger partial charge in [-0.3, -0.25) is 0 Å². The van der Waals surface area contributed by atoms with Crippen LogP contribution in [0.5, 0.6) is 5.75 Å². The van der Waals surface area contributed by atoms with Gasteiger partial charge in [-0.2, -0.15) is 4.98 Å². The van der Waals surface area contributed by atoms with Crippen LogP contribution in [-0.2, 0) is 12.3 Å². The molecule has 4 aromatic rings. The first-order chi connectivity index (χ1) is 14.7. The van der Waals surface area contributed by atoms with Gasteiger partial charge in [0.2, 0.25) is 11.7 Å². The molecule has 4 rings (SSSR count). The van der Waals surface area contributed by atoms with Crippen molar-refractivity contribution in [3.8, 4) is 28.5 Å². The number of halogens is 1. The van der Waals surface area contributed by atoms with Gasteiger partial charge in [0.05, 0.1) is 17.9 Å². The van der Waals surface area contributed by atoms with Crippen molar-refractivity contribution in [3.63, 3.8) is 0 Å². The molecule has 2 aromatic heterocycles. The van der Waals surface area contributed by atoms with Gasteiger partial charge < -0.3 is 13.8 Å². The lowest BCUT2D eigenvalue weighted by molar-refractivity contribution is 0.341. The molecule has 0 N–H and O–H groups in total. The minimum Gasteiger partial charge on any atom is -0.493 e. The molecule has 0 saturated carbocycles. The number of ether oxygens (including phenoxy) is 1. The van der Waals surface area contributed by atoms with Crippen molar-refractivity contribution >= 4 is 23.4 Å². The summed E-state index contributed by atoms with van der Waals surface area (Å²) in [6.07, 6.45) is 0. The van der Waals surface area contributed by atoms with E-state index in [-0.39, 0.29) is 0 Å². The number of aromatic nitrogens is 5. The van der Waals surface area contributed by atoms with E-state index in [9.17, 15) is 0 Å². The number of benzene rings is 2. The second-order valence-electron chi connectivity index (χ2n) is 6.29. The van der Waals surface area contributed by atoms with Crippen LogP contribution in [0.15, 0.2) is 58.2 Å². The summed E-state index contributed by atoms with van der Waals surface area (Å²) in [5.41, 5.74) is 1.77. The van der Waals surface area contributed by atoms with Crippen LogP contribution >= 0.6 is 23.4 Å². The van der Waals surface area contributed by atoms with Gasteiger partial charge in [0.1, 0.15) is 5.75 Å². The molecule has 0 aliphatic carbocycles. The molecule has 30 heavy (non-hydrogen) atoms. The molecule has 0 atom stereocenters. The number of thioether (sulfide) groups is 1. The second-order valence-corrected chi connectivity index (χ2v) is 7.67. The lowest BCUT2D eigenvalue weighted by Crippen LogP contribution is -2.00. The van der Waals surface area contributed by atoms with Crippen LogP contribution in [-0.4, -0.2) is 31.5 Å². The molecule has 0 fully saturated rings. The maximum atomic E-state index is 5.99. The van der Waals surface area contributed by atoms with Gasteiger partial charge in [-0.05, 0) is 50.2 Å². The zero-order valence-electron chi connectivity index (χ0n) is 16.6. The highest BCUT2D eigenvalue weighted by Gasteiger charge is 2.17. The van der Waals surface area contributed by atoms with Crippen LogP contribution in [0, 0.1) is 0 Å². The van der Waals surface area contributed by atoms with E-state index in [0.717, 1.165) is 34.4 Å². The summed E-state index contributed by atoms with van der Waals surface area (Å²) in [4.78, 5) is 4.52. The number of nitrogens with zero attached hydrogens (tertiary/aromatic N) is 5. The van der Waals surface area contributed by atoms with E-state index in [1.807, 2.05) is 55.5 Å².